The zero-order valence-corrected chi connectivity index (χ0v) is 13.7. The normalized spacial score (nSPS) is 11.8. The van der Waals surface area contributed by atoms with Gasteiger partial charge in [0.2, 0.25) is 0 Å². The Balaban J connectivity index is 1.93. The molecule has 0 saturated heterocycles. The summed E-state index contributed by atoms with van der Waals surface area (Å²) in [6.07, 6.45) is 3.65. The van der Waals surface area contributed by atoms with E-state index in [1.807, 2.05) is 24.3 Å². The molecule has 0 aliphatic heterocycles. The van der Waals surface area contributed by atoms with Crippen molar-refractivity contribution in [3.05, 3.63) is 53.9 Å². The predicted octanol–water partition coefficient (Wildman–Crippen LogP) is 2.75. The highest BCUT2D eigenvalue weighted by molar-refractivity contribution is 5.94. The van der Waals surface area contributed by atoms with Crippen molar-refractivity contribution in [1.82, 2.24) is 9.88 Å². The van der Waals surface area contributed by atoms with Gasteiger partial charge >= 0.3 is 0 Å². The number of rotatable bonds is 6. The number of ether oxygens (including phenoxy) is 1. The standard InChI is InChI=1S/C18H22N2O3/c1-13(8-14-4-6-17(23-3)7-5-14)12-20(2)18(22)15-9-16(21)11-19-10-15/h4-7,9-11,13,21H,8,12H2,1-3H3. The molecule has 0 bridgehead atoms. The van der Waals surface area contributed by atoms with Gasteiger partial charge in [0.1, 0.15) is 11.5 Å². The average molecular weight is 314 g/mol. The molecule has 2 rings (SSSR count). The monoisotopic (exact) mass is 314 g/mol. The quantitative estimate of drug-likeness (QED) is 0.890. The molecule has 0 aliphatic rings. The Hall–Kier alpha value is -2.56. The van der Waals surface area contributed by atoms with Crippen molar-refractivity contribution in [2.45, 2.75) is 13.3 Å². The number of aromatic hydroxyl groups is 1. The lowest BCUT2D eigenvalue weighted by atomic mass is 10.0. The van der Waals surface area contributed by atoms with Gasteiger partial charge in [0.25, 0.3) is 5.91 Å². The zero-order valence-electron chi connectivity index (χ0n) is 13.7. The lowest BCUT2D eigenvalue weighted by Crippen LogP contribution is -2.31. The molecule has 1 N–H and O–H groups in total. The van der Waals surface area contributed by atoms with E-state index in [2.05, 4.69) is 11.9 Å². The van der Waals surface area contributed by atoms with Crippen molar-refractivity contribution in [2.24, 2.45) is 5.92 Å². The van der Waals surface area contributed by atoms with Gasteiger partial charge in [-0.05, 0) is 36.1 Å². The Morgan fingerprint density at radius 3 is 2.61 bits per heavy atom. The molecular formula is C18H22N2O3. The molecule has 0 spiro atoms. The molecule has 5 heteroatoms. The van der Waals surface area contributed by atoms with E-state index in [0.29, 0.717) is 18.0 Å². The largest absolute Gasteiger partial charge is 0.506 e. The lowest BCUT2D eigenvalue weighted by Gasteiger charge is -2.22. The SMILES string of the molecule is COc1ccc(CC(C)CN(C)C(=O)c2cncc(O)c2)cc1. The molecule has 0 saturated carbocycles. The van der Waals surface area contributed by atoms with Crippen LogP contribution < -0.4 is 4.74 Å². The van der Waals surface area contributed by atoms with Crippen LogP contribution in [0.3, 0.4) is 0 Å². The number of aromatic nitrogens is 1. The molecule has 0 radical (unpaired) electrons. The summed E-state index contributed by atoms with van der Waals surface area (Å²) in [5.74, 6) is 0.998. The van der Waals surface area contributed by atoms with E-state index in [-0.39, 0.29) is 11.7 Å². The molecule has 1 unspecified atom stereocenters. The van der Waals surface area contributed by atoms with Crippen LogP contribution in [0.4, 0.5) is 0 Å². The number of carbonyl (C=O) groups excluding carboxylic acids is 1. The zero-order chi connectivity index (χ0) is 16.8. The van der Waals surface area contributed by atoms with Crippen molar-refractivity contribution < 1.29 is 14.6 Å². The summed E-state index contributed by atoms with van der Waals surface area (Å²) < 4.78 is 5.15. The summed E-state index contributed by atoms with van der Waals surface area (Å²) in [7, 11) is 3.41. The molecule has 0 fully saturated rings. The molecule has 1 aromatic carbocycles. The van der Waals surface area contributed by atoms with E-state index < -0.39 is 0 Å². The Morgan fingerprint density at radius 1 is 1.30 bits per heavy atom. The van der Waals surface area contributed by atoms with Gasteiger partial charge in [0, 0.05) is 19.8 Å². The lowest BCUT2D eigenvalue weighted by molar-refractivity contribution is 0.0775. The first-order valence-electron chi connectivity index (χ1n) is 7.52. The van der Waals surface area contributed by atoms with E-state index in [1.165, 1.54) is 24.0 Å². The Labute approximate surface area is 136 Å². The highest BCUT2D eigenvalue weighted by Gasteiger charge is 2.15. The maximum absolute atomic E-state index is 12.3. The summed E-state index contributed by atoms with van der Waals surface area (Å²) in [5, 5.41) is 9.42. The van der Waals surface area contributed by atoms with Gasteiger partial charge in [0.15, 0.2) is 0 Å². The maximum Gasteiger partial charge on any atom is 0.255 e. The Morgan fingerprint density at radius 2 is 2.00 bits per heavy atom. The number of benzene rings is 1. The second-order valence-electron chi connectivity index (χ2n) is 5.77. The first kappa shape index (κ1) is 16.8. The van der Waals surface area contributed by atoms with Crippen LogP contribution in [-0.2, 0) is 6.42 Å². The van der Waals surface area contributed by atoms with Gasteiger partial charge in [-0.25, -0.2) is 0 Å². The van der Waals surface area contributed by atoms with Gasteiger partial charge < -0.3 is 14.7 Å². The van der Waals surface area contributed by atoms with Crippen LogP contribution in [0.15, 0.2) is 42.7 Å². The molecule has 1 atom stereocenters. The molecule has 1 aromatic heterocycles. The Bertz CT molecular complexity index is 656. The third-order valence-corrected chi connectivity index (χ3v) is 3.65. The summed E-state index contributed by atoms with van der Waals surface area (Å²) >= 11 is 0. The summed E-state index contributed by atoms with van der Waals surface area (Å²) in [4.78, 5) is 17.8. The number of pyridine rings is 1. The highest BCUT2D eigenvalue weighted by Crippen LogP contribution is 2.16. The molecule has 122 valence electrons. The Kier molecular flexibility index (Phi) is 5.57. The van der Waals surface area contributed by atoms with Crippen molar-refractivity contribution >= 4 is 5.91 Å². The molecule has 1 heterocycles. The van der Waals surface area contributed by atoms with Crippen molar-refractivity contribution in [2.75, 3.05) is 20.7 Å². The highest BCUT2D eigenvalue weighted by atomic mass is 16.5. The van der Waals surface area contributed by atoms with Crippen LogP contribution in [0.2, 0.25) is 0 Å². The summed E-state index contributed by atoms with van der Waals surface area (Å²) in [6, 6.07) is 9.39. The summed E-state index contributed by atoms with van der Waals surface area (Å²) in [5.41, 5.74) is 1.60. The smallest absolute Gasteiger partial charge is 0.255 e. The molecule has 23 heavy (non-hydrogen) atoms. The van der Waals surface area contributed by atoms with E-state index in [0.717, 1.165) is 12.2 Å². The van der Waals surface area contributed by atoms with Crippen molar-refractivity contribution in [1.29, 1.82) is 0 Å². The fourth-order valence-corrected chi connectivity index (χ4v) is 2.54. The van der Waals surface area contributed by atoms with Crippen LogP contribution in [0.1, 0.15) is 22.8 Å². The maximum atomic E-state index is 12.3. The first-order valence-corrected chi connectivity index (χ1v) is 7.52. The van der Waals surface area contributed by atoms with Gasteiger partial charge in [0.05, 0.1) is 18.9 Å². The van der Waals surface area contributed by atoms with Gasteiger partial charge in [-0.2, -0.15) is 0 Å². The van der Waals surface area contributed by atoms with E-state index in [9.17, 15) is 9.90 Å². The molecular weight excluding hydrogens is 292 g/mol. The summed E-state index contributed by atoms with van der Waals surface area (Å²) in [6.45, 7) is 2.73. The fourth-order valence-electron chi connectivity index (χ4n) is 2.54. The van der Waals surface area contributed by atoms with Crippen LogP contribution in [0.5, 0.6) is 11.5 Å². The minimum Gasteiger partial charge on any atom is -0.506 e. The number of hydrogen-bond donors (Lipinski definition) is 1. The minimum absolute atomic E-state index is 0.00414. The molecule has 2 aromatic rings. The van der Waals surface area contributed by atoms with Crippen LogP contribution in [0.25, 0.3) is 0 Å². The topological polar surface area (TPSA) is 62.7 Å². The van der Waals surface area contributed by atoms with Crippen LogP contribution in [0, 0.1) is 5.92 Å². The van der Waals surface area contributed by atoms with Crippen molar-refractivity contribution in [3.8, 4) is 11.5 Å². The van der Waals surface area contributed by atoms with Crippen LogP contribution >= 0.6 is 0 Å². The van der Waals surface area contributed by atoms with Crippen molar-refractivity contribution in [3.63, 3.8) is 0 Å². The number of amides is 1. The van der Waals surface area contributed by atoms with E-state index >= 15 is 0 Å². The van der Waals surface area contributed by atoms with E-state index in [1.54, 1.807) is 19.1 Å². The number of nitrogens with zero attached hydrogens (tertiary/aromatic N) is 2. The second kappa shape index (κ2) is 7.63. The van der Waals surface area contributed by atoms with Gasteiger partial charge in [-0.15, -0.1) is 0 Å². The predicted molar refractivity (Wildman–Crippen MR) is 88.7 cm³/mol. The fraction of sp³-hybridized carbons (Fsp3) is 0.333. The molecule has 0 aliphatic carbocycles. The number of methoxy groups -OCH3 is 1. The van der Waals surface area contributed by atoms with Gasteiger partial charge in [-0.3, -0.25) is 9.78 Å². The third-order valence-electron chi connectivity index (χ3n) is 3.65. The average Bonchev–Trinajstić information content (AvgIpc) is 2.54. The molecule has 5 nitrogen and oxygen atoms in total. The third kappa shape index (κ3) is 4.71. The second-order valence-corrected chi connectivity index (χ2v) is 5.77. The number of hydrogen-bond acceptors (Lipinski definition) is 4. The van der Waals surface area contributed by atoms with Crippen LogP contribution in [-0.4, -0.2) is 41.6 Å². The van der Waals surface area contributed by atoms with E-state index in [4.69, 9.17) is 4.74 Å². The molecule has 1 amide bonds. The minimum atomic E-state index is -0.144. The van der Waals surface area contributed by atoms with Gasteiger partial charge in [-0.1, -0.05) is 19.1 Å². The first-order chi connectivity index (χ1) is 11.0. The number of carbonyl (C=O) groups is 1.